The van der Waals surface area contributed by atoms with E-state index in [2.05, 4.69) is 5.10 Å². The average molecular weight is 413 g/mol. The molecule has 0 saturated carbocycles. The van der Waals surface area contributed by atoms with E-state index in [-0.39, 0.29) is 22.7 Å². The van der Waals surface area contributed by atoms with E-state index in [0.29, 0.717) is 16.6 Å². The molecule has 2 aromatic heterocycles. The fourth-order valence-corrected chi connectivity index (χ4v) is 3.86. The fraction of sp³-hybridized carbons (Fsp3) is 0.0417. The second-order valence-corrected chi connectivity index (χ2v) is 7.23. The zero-order chi connectivity index (χ0) is 21.7. The van der Waals surface area contributed by atoms with E-state index in [4.69, 9.17) is 5.11 Å². The number of para-hydroxylation sites is 2. The Morgan fingerprint density at radius 3 is 2.35 bits per heavy atom. The van der Waals surface area contributed by atoms with Crippen LogP contribution in [0.4, 0.5) is 4.39 Å². The minimum absolute atomic E-state index is 0.129. The van der Waals surface area contributed by atoms with Crippen LogP contribution < -0.4 is 0 Å². The highest BCUT2D eigenvalue weighted by Crippen LogP contribution is 2.31. The van der Waals surface area contributed by atoms with Gasteiger partial charge in [-0.1, -0.05) is 36.4 Å². The van der Waals surface area contributed by atoms with Crippen LogP contribution in [0.3, 0.4) is 0 Å². The molecule has 0 amide bonds. The summed E-state index contributed by atoms with van der Waals surface area (Å²) in [5.74, 6) is -2.28. The largest absolute Gasteiger partial charge is 0.478 e. The Labute approximate surface area is 175 Å². The van der Waals surface area contributed by atoms with Gasteiger partial charge in [-0.3, -0.25) is 4.79 Å². The van der Waals surface area contributed by atoms with Gasteiger partial charge < -0.3 is 9.67 Å². The normalized spacial score (nSPS) is 11.3. The van der Waals surface area contributed by atoms with E-state index >= 15 is 0 Å². The van der Waals surface area contributed by atoms with Crippen LogP contribution in [0, 0.1) is 5.82 Å². The van der Waals surface area contributed by atoms with Crippen LogP contribution in [0.15, 0.2) is 72.8 Å². The number of benzene rings is 3. The molecule has 2 heterocycles. The average Bonchev–Trinajstić information content (AvgIpc) is 3.32. The van der Waals surface area contributed by atoms with Gasteiger partial charge in [0, 0.05) is 28.9 Å². The molecule has 6 nitrogen and oxygen atoms in total. The molecular weight excluding hydrogens is 397 g/mol. The van der Waals surface area contributed by atoms with Gasteiger partial charge in [0.05, 0.1) is 11.1 Å². The summed E-state index contributed by atoms with van der Waals surface area (Å²) in [7, 11) is 1.81. The number of carboxylic acids is 1. The zero-order valence-corrected chi connectivity index (χ0v) is 16.4. The number of carboxylic acid groups (broad SMARTS) is 1. The molecule has 0 spiro atoms. The van der Waals surface area contributed by atoms with Gasteiger partial charge in [-0.15, -0.1) is 0 Å². The molecule has 0 radical (unpaired) electrons. The number of carbonyl (C=O) groups is 2. The Hall–Kier alpha value is -4.26. The molecular formula is C24H16FN3O3. The van der Waals surface area contributed by atoms with Gasteiger partial charge in [-0.25, -0.2) is 9.18 Å². The molecule has 0 atom stereocenters. The molecule has 0 saturated heterocycles. The zero-order valence-electron chi connectivity index (χ0n) is 16.4. The number of nitrogens with zero attached hydrogens (tertiary/aromatic N) is 3. The first-order chi connectivity index (χ1) is 15.0. The maximum atomic E-state index is 14.8. The standard InChI is InChI=1S/C24H16FN3O3/c1-27-19-8-4-2-6-14(19)13-21(27)23(29)28-20-9-5-3-7-17(20)22(26-28)16-11-10-15(24(30)31)12-18(16)25/h2-13H,1H3,(H,30,31). The Kier molecular flexibility index (Phi) is 4.18. The molecule has 0 aliphatic heterocycles. The summed E-state index contributed by atoms with van der Waals surface area (Å²) in [5, 5.41) is 15.1. The third kappa shape index (κ3) is 2.90. The molecule has 1 N–H and O–H groups in total. The van der Waals surface area contributed by atoms with Crippen LogP contribution in [-0.2, 0) is 7.05 Å². The lowest BCUT2D eigenvalue weighted by Crippen LogP contribution is -2.16. The lowest BCUT2D eigenvalue weighted by atomic mass is 10.1. The third-order valence-electron chi connectivity index (χ3n) is 5.42. The molecule has 0 unspecified atom stereocenters. The quantitative estimate of drug-likeness (QED) is 0.464. The van der Waals surface area contributed by atoms with Crippen molar-refractivity contribution in [1.29, 1.82) is 0 Å². The van der Waals surface area contributed by atoms with Gasteiger partial charge >= 0.3 is 5.97 Å². The van der Waals surface area contributed by atoms with Crippen molar-refractivity contribution in [2.75, 3.05) is 0 Å². The second-order valence-electron chi connectivity index (χ2n) is 7.23. The minimum atomic E-state index is -1.22. The molecule has 0 bridgehead atoms. The Morgan fingerprint density at radius 1 is 0.935 bits per heavy atom. The number of hydrogen-bond donors (Lipinski definition) is 1. The first-order valence-electron chi connectivity index (χ1n) is 9.56. The van der Waals surface area contributed by atoms with Crippen LogP contribution in [0.5, 0.6) is 0 Å². The third-order valence-corrected chi connectivity index (χ3v) is 5.42. The molecule has 7 heteroatoms. The first-order valence-corrected chi connectivity index (χ1v) is 9.56. The molecule has 0 aliphatic rings. The van der Waals surface area contributed by atoms with E-state index in [1.807, 2.05) is 31.3 Å². The number of aryl methyl sites for hydroxylation is 1. The molecule has 152 valence electrons. The predicted octanol–water partition coefficient (Wildman–Crippen LogP) is 4.72. The maximum absolute atomic E-state index is 14.8. The van der Waals surface area contributed by atoms with Gasteiger partial charge in [-0.2, -0.15) is 9.78 Å². The molecule has 31 heavy (non-hydrogen) atoms. The minimum Gasteiger partial charge on any atom is -0.478 e. The number of carbonyl (C=O) groups excluding carboxylic acids is 1. The number of hydrogen-bond acceptors (Lipinski definition) is 3. The van der Waals surface area contributed by atoms with Gasteiger partial charge in [0.25, 0.3) is 5.91 Å². The molecule has 5 aromatic rings. The van der Waals surface area contributed by atoms with E-state index in [0.717, 1.165) is 17.0 Å². The van der Waals surface area contributed by atoms with Gasteiger partial charge in [-0.05, 0) is 36.4 Å². The fourth-order valence-electron chi connectivity index (χ4n) is 3.86. The van der Waals surface area contributed by atoms with Crippen molar-refractivity contribution in [1.82, 2.24) is 14.3 Å². The highest BCUT2D eigenvalue weighted by molar-refractivity contribution is 6.06. The van der Waals surface area contributed by atoms with Crippen molar-refractivity contribution in [3.8, 4) is 11.3 Å². The molecule has 5 rings (SSSR count). The van der Waals surface area contributed by atoms with Crippen molar-refractivity contribution in [3.05, 3.63) is 89.9 Å². The van der Waals surface area contributed by atoms with E-state index in [1.165, 1.54) is 16.8 Å². The summed E-state index contributed by atoms with van der Waals surface area (Å²) in [6.45, 7) is 0. The Bertz CT molecular complexity index is 1510. The topological polar surface area (TPSA) is 77.1 Å². The Morgan fingerprint density at radius 2 is 1.65 bits per heavy atom. The van der Waals surface area contributed by atoms with E-state index in [9.17, 15) is 14.0 Å². The lowest BCUT2D eigenvalue weighted by Gasteiger charge is -2.05. The highest BCUT2D eigenvalue weighted by atomic mass is 19.1. The Balaban J connectivity index is 1.70. The maximum Gasteiger partial charge on any atom is 0.335 e. The van der Waals surface area contributed by atoms with Crippen LogP contribution in [0.2, 0.25) is 0 Å². The van der Waals surface area contributed by atoms with Crippen LogP contribution in [0.25, 0.3) is 33.1 Å². The van der Waals surface area contributed by atoms with Crippen molar-refractivity contribution < 1.29 is 19.1 Å². The number of fused-ring (bicyclic) bond motifs is 2. The number of halogens is 1. The summed E-state index contributed by atoms with van der Waals surface area (Å²) in [6.07, 6.45) is 0. The van der Waals surface area contributed by atoms with Gasteiger partial charge in [0.15, 0.2) is 0 Å². The number of aromatic nitrogens is 3. The summed E-state index contributed by atoms with van der Waals surface area (Å²) in [6, 6.07) is 20.2. The van der Waals surface area contributed by atoms with Crippen molar-refractivity contribution >= 4 is 33.7 Å². The molecule has 3 aromatic carbocycles. The van der Waals surface area contributed by atoms with Crippen molar-refractivity contribution in [2.24, 2.45) is 7.05 Å². The molecule has 0 fully saturated rings. The summed E-state index contributed by atoms with van der Waals surface area (Å²) < 4.78 is 17.8. The van der Waals surface area contributed by atoms with Crippen molar-refractivity contribution in [3.63, 3.8) is 0 Å². The predicted molar refractivity (Wildman–Crippen MR) is 115 cm³/mol. The smallest absolute Gasteiger partial charge is 0.335 e. The van der Waals surface area contributed by atoms with Crippen molar-refractivity contribution in [2.45, 2.75) is 0 Å². The van der Waals surface area contributed by atoms with Gasteiger partial charge in [0.1, 0.15) is 17.2 Å². The lowest BCUT2D eigenvalue weighted by molar-refractivity contribution is 0.0696. The number of aromatic carboxylic acids is 1. The van der Waals surface area contributed by atoms with Crippen LogP contribution in [-0.4, -0.2) is 31.3 Å². The van der Waals surface area contributed by atoms with Crippen LogP contribution >= 0.6 is 0 Å². The first kappa shape index (κ1) is 18.7. The van der Waals surface area contributed by atoms with E-state index in [1.54, 1.807) is 34.9 Å². The highest BCUT2D eigenvalue weighted by Gasteiger charge is 2.22. The second kappa shape index (κ2) is 6.91. The SMILES string of the molecule is Cn1c(C(=O)n2nc(-c3ccc(C(=O)O)cc3F)c3ccccc32)cc2ccccc21. The monoisotopic (exact) mass is 413 g/mol. The number of rotatable bonds is 3. The van der Waals surface area contributed by atoms with Gasteiger partial charge in [0.2, 0.25) is 0 Å². The summed E-state index contributed by atoms with van der Waals surface area (Å²) in [5.41, 5.74) is 2.15. The van der Waals surface area contributed by atoms with E-state index < -0.39 is 11.8 Å². The summed E-state index contributed by atoms with van der Waals surface area (Å²) >= 11 is 0. The van der Waals surface area contributed by atoms with Crippen LogP contribution in [0.1, 0.15) is 20.8 Å². The summed E-state index contributed by atoms with van der Waals surface area (Å²) in [4.78, 5) is 24.6. The molecule has 0 aliphatic carbocycles.